The van der Waals surface area contributed by atoms with Crippen molar-refractivity contribution in [1.82, 2.24) is 0 Å². The molecule has 1 aliphatic rings. The monoisotopic (exact) mass is 643 g/mol. The molecule has 0 bridgehead atoms. The van der Waals surface area contributed by atoms with Crippen LogP contribution in [0.25, 0.3) is 11.1 Å². The zero-order chi connectivity index (χ0) is 32.8. The molecular weight excluding hydrogens is 597 g/mol. The van der Waals surface area contributed by atoms with Gasteiger partial charge in [-0.3, -0.25) is 13.9 Å². The number of esters is 1. The highest BCUT2D eigenvalue weighted by Crippen LogP contribution is 2.47. The largest absolute Gasteiger partial charge is 0.491 e. The highest BCUT2D eigenvalue weighted by Gasteiger charge is 2.36. The van der Waals surface area contributed by atoms with Crippen LogP contribution in [0, 0.1) is 19.7 Å². The molecule has 3 aromatic carbocycles. The molecule has 0 unspecified atom stereocenters. The maximum absolute atomic E-state index is 14.8. The van der Waals surface area contributed by atoms with Gasteiger partial charge in [0.25, 0.3) is 0 Å². The number of aliphatic hydroxyl groups is 1. The molecule has 0 aliphatic carbocycles. The summed E-state index contributed by atoms with van der Waals surface area (Å²) in [5.74, 6) is 1.05. The summed E-state index contributed by atoms with van der Waals surface area (Å²) in [6, 6.07) is 14.9. The topological polar surface area (TPSA) is 117 Å². The third kappa shape index (κ3) is 9.59. The Kier molecular flexibility index (Phi) is 11.4. The van der Waals surface area contributed by atoms with Gasteiger partial charge in [-0.25, -0.2) is 4.39 Å². The second kappa shape index (κ2) is 14.9. The average Bonchev–Trinajstić information content (AvgIpc) is 2.97. The Morgan fingerprint density at radius 1 is 1.04 bits per heavy atom. The van der Waals surface area contributed by atoms with Crippen LogP contribution in [0.4, 0.5) is 10.1 Å². The molecule has 0 spiro atoms. The SMILES string of the molecule is CCOC(=O)CCc1ccc(NCc2ccc(OC(C)C)c(-c3c(C)cc(OCC4(O)CCS(O)(O)CC4)cc3C)c2)cc1F. The number of benzene rings is 3. The Hall–Kier alpha value is -3.31. The third-order valence-electron chi connectivity index (χ3n) is 7.93. The van der Waals surface area contributed by atoms with Crippen molar-refractivity contribution < 1.29 is 37.6 Å². The fourth-order valence-electron chi connectivity index (χ4n) is 5.50. The maximum Gasteiger partial charge on any atom is 0.306 e. The van der Waals surface area contributed by atoms with Crippen LogP contribution in [0.15, 0.2) is 48.5 Å². The number of aryl methyl sites for hydroxylation is 3. The summed E-state index contributed by atoms with van der Waals surface area (Å²) in [4.78, 5) is 11.6. The van der Waals surface area contributed by atoms with Crippen LogP contribution in [0.3, 0.4) is 0 Å². The quantitative estimate of drug-likeness (QED) is 0.140. The van der Waals surface area contributed by atoms with Gasteiger partial charge in [0.2, 0.25) is 0 Å². The van der Waals surface area contributed by atoms with Gasteiger partial charge in [0.1, 0.15) is 29.5 Å². The number of hydrogen-bond donors (Lipinski definition) is 4. The summed E-state index contributed by atoms with van der Waals surface area (Å²) in [6.45, 7) is 10.6. The smallest absolute Gasteiger partial charge is 0.306 e. The first-order valence-electron chi connectivity index (χ1n) is 15.5. The third-order valence-corrected chi connectivity index (χ3v) is 9.65. The van der Waals surface area contributed by atoms with Crippen molar-refractivity contribution in [3.63, 3.8) is 0 Å². The molecule has 246 valence electrons. The van der Waals surface area contributed by atoms with E-state index < -0.39 is 16.2 Å². The minimum Gasteiger partial charge on any atom is -0.491 e. The van der Waals surface area contributed by atoms with E-state index in [1.54, 1.807) is 13.0 Å². The fraction of sp³-hybridized carbons (Fsp3) is 0.457. The van der Waals surface area contributed by atoms with Crippen LogP contribution in [-0.2, 0) is 22.5 Å². The van der Waals surface area contributed by atoms with E-state index in [0.717, 1.165) is 33.6 Å². The number of carbonyl (C=O) groups excluding carboxylic acids is 1. The van der Waals surface area contributed by atoms with Gasteiger partial charge >= 0.3 is 5.97 Å². The number of rotatable bonds is 13. The molecule has 4 N–H and O–H groups in total. The lowest BCUT2D eigenvalue weighted by Gasteiger charge is -2.43. The predicted octanol–water partition coefficient (Wildman–Crippen LogP) is 7.66. The summed E-state index contributed by atoms with van der Waals surface area (Å²) in [7, 11) is -2.60. The second-order valence-electron chi connectivity index (χ2n) is 12.1. The first-order chi connectivity index (χ1) is 21.3. The first kappa shape index (κ1) is 34.6. The lowest BCUT2D eigenvalue weighted by Crippen LogP contribution is -2.42. The molecule has 0 atom stereocenters. The van der Waals surface area contributed by atoms with Crippen molar-refractivity contribution in [1.29, 1.82) is 0 Å². The lowest BCUT2D eigenvalue weighted by molar-refractivity contribution is -0.143. The van der Waals surface area contributed by atoms with E-state index in [1.165, 1.54) is 6.07 Å². The van der Waals surface area contributed by atoms with Crippen molar-refractivity contribution in [2.24, 2.45) is 0 Å². The van der Waals surface area contributed by atoms with E-state index in [4.69, 9.17) is 14.2 Å². The van der Waals surface area contributed by atoms with Crippen LogP contribution < -0.4 is 14.8 Å². The Balaban J connectivity index is 1.50. The minimum absolute atomic E-state index is 0.0316. The van der Waals surface area contributed by atoms with Crippen molar-refractivity contribution >= 4 is 22.2 Å². The maximum atomic E-state index is 14.8. The number of hydrogen-bond acceptors (Lipinski definition) is 8. The van der Waals surface area contributed by atoms with Crippen LogP contribution >= 0.6 is 10.6 Å². The number of halogens is 1. The van der Waals surface area contributed by atoms with Gasteiger partial charge in [-0.2, -0.15) is 10.6 Å². The van der Waals surface area contributed by atoms with E-state index >= 15 is 0 Å². The molecular formula is C35H46FNO7S. The second-order valence-corrected chi connectivity index (χ2v) is 14.5. The van der Waals surface area contributed by atoms with Gasteiger partial charge in [-0.1, -0.05) is 12.1 Å². The summed E-state index contributed by atoms with van der Waals surface area (Å²) >= 11 is 0. The molecule has 3 aromatic rings. The number of carbonyl (C=O) groups is 1. The van der Waals surface area contributed by atoms with Gasteiger partial charge in [-0.15, -0.1) is 0 Å². The standard InChI is InChI=1S/C35H46FNO7S/c1-6-42-33(38)12-9-27-8-10-28(20-31(27)36)37-21-26-7-11-32(44-23(2)3)30(19-26)34-24(4)17-29(18-25(34)5)43-22-35(39)13-15-45(40,41)16-14-35/h7-8,10-11,17-20,23,37,39-41H,6,9,12-16,21-22H2,1-5H3. The first-order valence-corrected chi connectivity index (χ1v) is 17.3. The fourth-order valence-corrected chi connectivity index (χ4v) is 7.12. The average molecular weight is 644 g/mol. The van der Waals surface area contributed by atoms with E-state index in [0.29, 0.717) is 30.2 Å². The van der Waals surface area contributed by atoms with Crippen LogP contribution in [0.5, 0.6) is 11.5 Å². The van der Waals surface area contributed by atoms with Crippen LogP contribution in [0.2, 0.25) is 0 Å². The Bertz CT molecular complexity index is 1460. The molecule has 1 fully saturated rings. The number of anilines is 1. The van der Waals surface area contributed by atoms with Crippen molar-refractivity contribution in [3.05, 3.63) is 76.6 Å². The van der Waals surface area contributed by atoms with Gasteiger partial charge in [0, 0.05) is 35.7 Å². The zero-order valence-electron chi connectivity index (χ0n) is 26.8. The molecule has 0 saturated carbocycles. The van der Waals surface area contributed by atoms with E-state index in [1.807, 2.05) is 58.0 Å². The van der Waals surface area contributed by atoms with E-state index in [-0.39, 0.29) is 61.7 Å². The molecule has 8 nitrogen and oxygen atoms in total. The van der Waals surface area contributed by atoms with Crippen LogP contribution in [-0.4, -0.2) is 56.6 Å². The highest BCUT2D eigenvalue weighted by atomic mass is 32.3. The van der Waals surface area contributed by atoms with Gasteiger partial charge in [0.15, 0.2) is 0 Å². The summed E-state index contributed by atoms with van der Waals surface area (Å²) in [5.41, 5.74) is 4.91. The summed E-state index contributed by atoms with van der Waals surface area (Å²) < 4.78 is 51.7. The van der Waals surface area contributed by atoms with Gasteiger partial charge < -0.3 is 24.6 Å². The Morgan fingerprint density at radius 3 is 2.36 bits per heavy atom. The minimum atomic E-state index is -2.60. The lowest BCUT2D eigenvalue weighted by atomic mass is 9.93. The molecule has 0 radical (unpaired) electrons. The number of ether oxygens (including phenoxy) is 3. The molecule has 1 aliphatic heterocycles. The highest BCUT2D eigenvalue weighted by molar-refractivity contribution is 8.24. The van der Waals surface area contributed by atoms with Crippen molar-refractivity contribution in [3.8, 4) is 22.6 Å². The van der Waals surface area contributed by atoms with Crippen LogP contribution in [0.1, 0.15) is 62.3 Å². The van der Waals surface area contributed by atoms with Crippen molar-refractivity contribution in [2.45, 2.75) is 78.6 Å². The summed E-state index contributed by atoms with van der Waals surface area (Å²) in [5, 5.41) is 14.2. The van der Waals surface area contributed by atoms with Gasteiger partial charge in [-0.05, 0) is 118 Å². The molecule has 0 aromatic heterocycles. The molecule has 4 rings (SSSR count). The Morgan fingerprint density at radius 2 is 1.73 bits per heavy atom. The zero-order valence-corrected chi connectivity index (χ0v) is 27.6. The normalized spacial score (nSPS) is 16.2. The van der Waals surface area contributed by atoms with Gasteiger partial charge in [0.05, 0.1) is 12.7 Å². The van der Waals surface area contributed by atoms with Crippen molar-refractivity contribution in [2.75, 3.05) is 30.0 Å². The molecule has 1 heterocycles. The van der Waals surface area contributed by atoms with E-state index in [9.17, 15) is 23.4 Å². The molecule has 0 amide bonds. The molecule has 1 saturated heterocycles. The summed E-state index contributed by atoms with van der Waals surface area (Å²) in [6.07, 6.45) is 0.957. The number of nitrogens with one attached hydrogen (secondary N) is 1. The predicted molar refractivity (Wildman–Crippen MR) is 178 cm³/mol. The van der Waals surface area contributed by atoms with E-state index in [2.05, 4.69) is 11.4 Å². The Labute approximate surface area is 267 Å². The molecule has 10 heteroatoms. The molecule has 45 heavy (non-hydrogen) atoms.